The van der Waals surface area contributed by atoms with Gasteiger partial charge < -0.3 is 21.1 Å². The topological polar surface area (TPSA) is 410 Å². The number of sulfone groups is 1. The number of amides is 6. The maximum absolute atomic E-state index is 12.0. The van der Waals surface area contributed by atoms with E-state index in [9.17, 15) is 51.3 Å². The number of fused-ring (bicyclic) bond motifs is 4. The van der Waals surface area contributed by atoms with E-state index in [1.54, 1.807) is 39.7 Å². The van der Waals surface area contributed by atoms with Crippen LogP contribution in [0, 0.1) is 0 Å². The van der Waals surface area contributed by atoms with E-state index in [0.717, 1.165) is 44.8 Å². The summed E-state index contributed by atoms with van der Waals surface area (Å²) in [6.45, 7) is 0. The van der Waals surface area contributed by atoms with Crippen molar-refractivity contribution >= 4 is 126 Å². The van der Waals surface area contributed by atoms with Crippen molar-refractivity contribution in [3.05, 3.63) is 82.1 Å². The van der Waals surface area contributed by atoms with Gasteiger partial charge in [-0.3, -0.25) is 53.5 Å². The Kier molecular flexibility index (Phi) is 13.2. The molecule has 3 saturated heterocycles. The zero-order valence-electron chi connectivity index (χ0n) is 43.0. The monoisotopic (exact) mass is 1150 g/mol. The smallest absolute Gasteiger partial charge is 0.335 e. The lowest BCUT2D eigenvalue weighted by molar-refractivity contribution is -0.125. The van der Waals surface area contributed by atoms with Gasteiger partial charge in [0.05, 0.1) is 65.2 Å². The van der Waals surface area contributed by atoms with Gasteiger partial charge in [0, 0.05) is 64.0 Å². The summed E-state index contributed by atoms with van der Waals surface area (Å²) in [5.74, 6) is -1.86. The Morgan fingerprint density at radius 3 is 1.49 bits per heavy atom. The standard InChI is InChI=1S/C21H16N8O4.C14H14N6O4S.C14H14N6O3S/c30-16-7-11(18(31)25-16)5-12-8-23-29-17(12)26-20(27-21(29)24-13-2-3-13)28-9-22-14-6-10(19(32)33)1-4-15(14)28;1-25(23,24)14-18-11-8(4-7-5-10(21)17-12(7)22)6-15-20(11)13(19-14)16-9-2-3-9;1-24(23)14-18-11-8(4-7-5-10(21)17-12(7)22)6-15-20(11)13(19-14)16-9-2-3-9/h1,4-6,8-9,13H,2-3,7H2,(H,32,33)(H,24,26,27)(H,25,30,31);4,6,9H,2-3,5H2,1H3,(H,16,18,19)(H,17,21,22);4,6,9H,2-3,5H2,1H3,(H,16,18,19)(H,17,21,22)/b11-5+;2*7-4+. The third-order valence-electron chi connectivity index (χ3n) is 13.1. The molecule has 0 spiro atoms. The molecule has 14 rings (SSSR count). The van der Waals surface area contributed by atoms with Crippen LogP contribution in [0.4, 0.5) is 17.8 Å². The fraction of sp³-hybridized carbons (Fsp3) is 0.286. The molecule has 8 aromatic rings. The number of anilines is 3. The zero-order chi connectivity index (χ0) is 57.3. The molecule has 7 aromatic heterocycles. The number of aromatic nitrogens is 14. The molecule has 1 atom stereocenters. The van der Waals surface area contributed by atoms with Crippen molar-refractivity contribution in [2.24, 2.45) is 0 Å². The van der Waals surface area contributed by atoms with Crippen molar-refractivity contribution in [2.75, 3.05) is 28.5 Å². The number of benzene rings is 1. The number of hydrogen-bond acceptors (Lipinski definition) is 23. The van der Waals surface area contributed by atoms with E-state index in [1.807, 2.05) is 0 Å². The van der Waals surface area contributed by atoms with E-state index >= 15 is 0 Å². The number of nitrogens with one attached hydrogen (secondary N) is 6. The van der Waals surface area contributed by atoms with Gasteiger partial charge in [0.15, 0.2) is 16.9 Å². The third kappa shape index (κ3) is 11.0. The minimum absolute atomic E-state index is 0.000631. The van der Waals surface area contributed by atoms with Crippen LogP contribution >= 0.6 is 0 Å². The van der Waals surface area contributed by atoms with Crippen LogP contribution < -0.4 is 31.9 Å². The molecular formula is C49H44N20O11S2. The van der Waals surface area contributed by atoms with Crippen LogP contribution in [0.15, 0.2) is 70.1 Å². The number of carboxylic acid groups (broad SMARTS) is 1. The summed E-state index contributed by atoms with van der Waals surface area (Å²) in [6, 6.07) is 5.49. The number of nitrogens with zero attached hydrogens (tertiary/aromatic N) is 14. The summed E-state index contributed by atoms with van der Waals surface area (Å²) in [4.78, 5) is 111. The van der Waals surface area contributed by atoms with Crippen molar-refractivity contribution in [1.82, 2.24) is 84.2 Å². The number of imide groups is 3. The van der Waals surface area contributed by atoms with Gasteiger partial charge in [0.1, 0.15) is 6.33 Å². The van der Waals surface area contributed by atoms with Crippen LogP contribution in [-0.4, -0.2) is 158 Å². The molecular weight excluding hydrogens is 1110 g/mol. The first-order chi connectivity index (χ1) is 39.3. The molecule has 6 fully saturated rings. The van der Waals surface area contributed by atoms with Gasteiger partial charge >= 0.3 is 5.97 Å². The Morgan fingerprint density at radius 2 is 1.07 bits per heavy atom. The first-order valence-electron chi connectivity index (χ1n) is 25.2. The fourth-order valence-electron chi connectivity index (χ4n) is 8.58. The van der Waals surface area contributed by atoms with Crippen molar-refractivity contribution in [1.29, 1.82) is 0 Å². The van der Waals surface area contributed by atoms with Crippen molar-refractivity contribution in [3.63, 3.8) is 0 Å². The maximum Gasteiger partial charge on any atom is 0.335 e. The summed E-state index contributed by atoms with van der Waals surface area (Å²) in [5.41, 5.74) is 4.94. The van der Waals surface area contributed by atoms with Gasteiger partial charge in [-0.15, -0.1) is 0 Å². The highest BCUT2D eigenvalue weighted by atomic mass is 32.2. The number of hydrogen-bond donors (Lipinski definition) is 7. The molecule has 6 aliphatic rings. The quantitative estimate of drug-likeness (QED) is 0.0612. The minimum atomic E-state index is -3.63. The molecule has 3 saturated carbocycles. The minimum Gasteiger partial charge on any atom is -0.478 e. The second-order valence-electron chi connectivity index (χ2n) is 19.8. The molecule has 31 nitrogen and oxygen atoms in total. The third-order valence-corrected chi connectivity index (χ3v) is 14.7. The summed E-state index contributed by atoms with van der Waals surface area (Å²) >= 11 is 0. The lowest BCUT2D eigenvalue weighted by Gasteiger charge is -2.10. The van der Waals surface area contributed by atoms with Gasteiger partial charge in [0.25, 0.3) is 22.9 Å². The number of rotatable bonds is 13. The molecule has 10 heterocycles. The summed E-state index contributed by atoms with van der Waals surface area (Å²) < 4.78 is 41.8. The highest BCUT2D eigenvalue weighted by molar-refractivity contribution is 7.90. The average molecular weight is 1150 g/mol. The first kappa shape index (κ1) is 52.6. The number of carboxylic acids is 1. The van der Waals surface area contributed by atoms with Gasteiger partial charge in [-0.1, -0.05) is 0 Å². The summed E-state index contributed by atoms with van der Waals surface area (Å²) in [6.07, 6.45) is 19.4. The fourth-order valence-corrected chi connectivity index (χ4v) is 9.52. The maximum atomic E-state index is 12.0. The van der Waals surface area contributed by atoms with Crippen LogP contribution in [0.5, 0.6) is 0 Å². The van der Waals surface area contributed by atoms with Gasteiger partial charge in [-0.25, -0.2) is 18.2 Å². The second kappa shape index (κ2) is 20.6. The highest BCUT2D eigenvalue weighted by Crippen LogP contribution is 2.30. The largest absolute Gasteiger partial charge is 0.478 e. The molecule has 1 aromatic carbocycles. The summed E-state index contributed by atoms with van der Waals surface area (Å²) in [5, 5.41) is 38.3. The van der Waals surface area contributed by atoms with Crippen LogP contribution in [-0.2, 0) is 49.4 Å². The first-order valence-corrected chi connectivity index (χ1v) is 28.7. The Balaban J connectivity index is 0.000000124. The van der Waals surface area contributed by atoms with E-state index < -0.39 is 44.3 Å². The molecule has 3 aliphatic carbocycles. The Labute approximate surface area is 462 Å². The van der Waals surface area contributed by atoms with E-state index in [4.69, 9.17) is 0 Å². The van der Waals surface area contributed by atoms with E-state index in [2.05, 4.69) is 82.1 Å². The number of carbonyl (C=O) groups excluding carboxylic acids is 6. The molecule has 1 unspecified atom stereocenters. The average Bonchev–Trinajstić information content (AvgIpc) is 4.12. The van der Waals surface area contributed by atoms with Crippen LogP contribution in [0.1, 0.15) is 84.8 Å². The van der Waals surface area contributed by atoms with Crippen molar-refractivity contribution in [3.8, 4) is 5.95 Å². The van der Waals surface area contributed by atoms with Crippen molar-refractivity contribution < 1.29 is 51.3 Å². The predicted molar refractivity (Wildman–Crippen MR) is 287 cm³/mol. The predicted octanol–water partition coefficient (Wildman–Crippen LogP) is 0.564. The molecule has 0 bridgehead atoms. The van der Waals surface area contributed by atoms with E-state index in [-0.39, 0.29) is 82.1 Å². The van der Waals surface area contributed by atoms with Crippen LogP contribution in [0.2, 0.25) is 0 Å². The van der Waals surface area contributed by atoms with Gasteiger partial charge in [-0.05, 0) is 75.0 Å². The molecule has 418 valence electrons. The molecule has 6 amide bonds. The molecule has 7 N–H and O–H groups in total. The van der Waals surface area contributed by atoms with Gasteiger partial charge in [0.2, 0.25) is 56.5 Å². The lowest BCUT2D eigenvalue weighted by atomic mass is 10.1. The van der Waals surface area contributed by atoms with E-state index in [1.165, 1.54) is 46.0 Å². The van der Waals surface area contributed by atoms with Crippen LogP contribution in [0.3, 0.4) is 0 Å². The summed E-state index contributed by atoms with van der Waals surface area (Å²) in [7, 11) is -4.99. The van der Waals surface area contributed by atoms with Crippen LogP contribution in [0.25, 0.3) is 52.2 Å². The highest BCUT2D eigenvalue weighted by Gasteiger charge is 2.31. The van der Waals surface area contributed by atoms with E-state index in [0.29, 0.717) is 74.1 Å². The Morgan fingerprint density at radius 1 is 0.634 bits per heavy atom. The second-order valence-corrected chi connectivity index (χ2v) is 23.0. The SMILES string of the molecule is CS(=O)(=O)c1nc(NC2CC2)n2ncc(/C=C3\CC(=O)NC3=O)c2n1.CS(=O)c1nc(NC2CC2)n2ncc(/C=C3\CC(=O)NC3=O)c2n1.O=C1C/C(=C\c2cnn3c(NC4CC4)nc(-n4cnc5cc(C(=O)O)ccc54)nc23)C(=O)N1. The molecule has 33 heteroatoms. The molecule has 82 heavy (non-hydrogen) atoms. The number of imidazole rings is 1. The molecule has 0 radical (unpaired) electrons. The zero-order valence-corrected chi connectivity index (χ0v) is 44.6. The molecule has 3 aliphatic heterocycles. The number of aromatic carboxylic acids is 1. The number of carbonyl (C=O) groups is 7. The van der Waals surface area contributed by atoms with Gasteiger partial charge in [-0.2, -0.15) is 58.7 Å². The Bertz CT molecular complexity index is 4370. The normalized spacial score (nSPS) is 19.0. The Hall–Kier alpha value is -10.1. The van der Waals surface area contributed by atoms with Crippen molar-refractivity contribution in [2.45, 2.75) is 86.2 Å². The lowest BCUT2D eigenvalue weighted by Crippen LogP contribution is -2.19.